The molecule has 0 saturated carbocycles. The summed E-state index contributed by atoms with van der Waals surface area (Å²) in [6.45, 7) is 1.50. The zero-order chi connectivity index (χ0) is 19.7. The van der Waals surface area contributed by atoms with E-state index in [4.69, 9.17) is 0 Å². The van der Waals surface area contributed by atoms with Gasteiger partial charge in [-0.2, -0.15) is 0 Å². The third kappa shape index (κ3) is 3.07. The van der Waals surface area contributed by atoms with E-state index in [2.05, 4.69) is 4.98 Å². The highest BCUT2D eigenvalue weighted by molar-refractivity contribution is 6.13. The summed E-state index contributed by atoms with van der Waals surface area (Å²) >= 11 is 0. The first-order valence-electron chi connectivity index (χ1n) is 8.97. The average Bonchev–Trinajstić information content (AvgIpc) is 3.00. The van der Waals surface area contributed by atoms with Crippen LogP contribution in [0.25, 0.3) is 11.8 Å². The number of nitrogens with zero attached hydrogens (tertiary/aromatic N) is 3. The molecule has 0 radical (unpaired) electrons. The van der Waals surface area contributed by atoms with E-state index in [1.165, 1.54) is 6.92 Å². The molecule has 3 aromatic rings. The number of amides is 1. The molecule has 0 fully saturated rings. The van der Waals surface area contributed by atoms with E-state index in [0.29, 0.717) is 16.9 Å². The van der Waals surface area contributed by atoms with Crippen molar-refractivity contribution < 1.29 is 9.59 Å². The molecule has 5 nitrogen and oxygen atoms in total. The van der Waals surface area contributed by atoms with Crippen LogP contribution >= 0.6 is 0 Å². The number of Topliss-reactive ketones (excluding diaryl/α,β-unsaturated/α-hetero) is 1. The van der Waals surface area contributed by atoms with Crippen molar-refractivity contribution in [1.82, 2.24) is 9.99 Å². The smallest absolute Gasteiger partial charge is 0.277 e. The van der Waals surface area contributed by atoms with Crippen LogP contribution in [0.1, 0.15) is 38.8 Å². The van der Waals surface area contributed by atoms with E-state index < -0.39 is 0 Å². The van der Waals surface area contributed by atoms with Gasteiger partial charge in [0.05, 0.1) is 11.3 Å². The highest BCUT2D eigenvalue weighted by Crippen LogP contribution is 2.36. The molecular weight excluding hydrogens is 350 g/mol. The van der Waals surface area contributed by atoms with Crippen molar-refractivity contribution in [1.29, 1.82) is 0 Å². The Balaban J connectivity index is 1.87. The molecule has 0 N–H and O–H groups in total. The normalized spacial score (nSPS) is 14.3. The number of ketones is 1. The van der Waals surface area contributed by atoms with Crippen LogP contribution in [0, 0.1) is 0 Å². The maximum Gasteiger partial charge on any atom is 0.277 e. The molecule has 138 valence electrons. The third-order valence-electron chi connectivity index (χ3n) is 4.74. The van der Waals surface area contributed by atoms with Crippen molar-refractivity contribution in [2.24, 2.45) is 0 Å². The number of fused-ring (bicyclic) bond motifs is 1. The molecular formula is C23H19N3O2. The molecule has 0 spiro atoms. The lowest BCUT2D eigenvalue weighted by molar-refractivity contribution is 0.0844. The summed E-state index contributed by atoms with van der Waals surface area (Å²) in [5.74, 6) is 0.392. The lowest BCUT2D eigenvalue weighted by Gasteiger charge is -2.30. The van der Waals surface area contributed by atoms with Crippen molar-refractivity contribution >= 4 is 29.3 Å². The minimum Gasteiger partial charge on any atom is -0.295 e. The Morgan fingerprint density at radius 3 is 2.43 bits per heavy atom. The molecule has 4 rings (SSSR count). The number of aromatic nitrogens is 1. The quantitative estimate of drug-likeness (QED) is 0.644. The fourth-order valence-electron chi connectivity index (χ4n) is 3.29. The van der Waals surface area contributed by atoms with E-state index in [0.717, 1.165) is 16.8 Å². The molecule has 2 heterocycles. The number of hydrogen-bond acceptors (Lipinski definition) is 4. The highest BCUT2D eigenvalue weighted by Gasteiger charge is 2.36. The maximum absolute atomic E-state index is 13.3. The lowest BCUT2D eigenvalue weighted by Crippen LogP contribution is -2.39. The van der Waals surface area contributed by atoms with Crippen LogP contribution in [0.4, 0.5) is 5.82 Å². The number of rotatable bonds is 4. The second kappa shape index (κ2) is 7.12. The Morgan fingerprint density at radius 2 is 1.75 bits per heavy atom. The minimum atomic E-state index is -0.187. The molecule has 1 amide bonds. The van der Waals surface area contributed by atoms with Gasteiger partial charge in [-0.05, 0) is 36.8 Å². The van der Waals surface area contributed by atoms with Gasteiger partial charge in [-0.15, -0.1) is 0 Å². The van der Waals surface area contributed by atoms with E-state index in [1.54, 1.807) is 35.4 Å². The monoisotopic (exact) mass is 369 g/mol. The van der Waals surface area contributed by atoms with Crippen LogP contribution in [0.2, 0.25) is 0 Å². The topological polar surface area (TPSA) is 53.5 Å². The second-order valence-electron chi connectivity index (χ2n) is 6.59. The average molecular weight is 369 g/mol. The van der Waals surface area contributed by atoms with Gasteiger partial charge < -0.3 is 0 Å². The van der Waals surface area contributed by atoms with Gasteiger partial charge in [0.25, 0.3) is 5.91 Å². The summed E-state index contributed by atoms with van der Waals surface area (Å²) in [6, 6.07) is 20.7. The van der Waals surface area contributed by atoms with Crippen molar-refractivity contribution in [2.45, 2.75) is 6.92 Å². The summed E-state index contributed by atoms with van der Waals surface area (Å²) in [5, 5.41) is 3.33. The van der Waals surface area contributed by atoms with Crippen molar-refractivity contribution in [3.63, 3.8) is 0 Å². The second-order valence-corrected chi connectivity index (χ2v) is 6.59. The fraction of sp³-hybridized carbons (Fsp3) is 0.0870. The van der Waals surface area contributed by atoms with Crippen LogP contribution in [0.15, 0.2) is 72.9 Å². The van der Waals surface area contributed by atoms with Gasteiger partial charge in [-0.3, -0.25) is 14.6 Å². The molecule has 0 atom stereocenters. The van der Waals surface area contributed by atoms with E-state index in [-0.39, 0.29) is 11.7 Å². The SMILES string of the molecule is CC(=O)c1ccc2c(c1)C(=O)N(N(C)c1ccccn1)/C2=C\c1ccccc1. The molecule has 1 aromatic heterocycles. The summed E-state index contributed by atoms with van der Waals surface area (Å²) < 4.78 is 0. The maximum atomic E-state index is 13.3. The van der Waals surface area contributed by atoms with E-state index in [1.807, 2.05) is 60.7 Å². The van der Waals surface area contributed by atoms with Gasteiger partial charge in [0, 0.05) is 24.4 Å². The molecule has 1 aliphatic rings. The van der Waals surface area contributed by atoms with Gasteiger partial charge in [-0.25, -0.2) is 9.99 Å². The first-order valence-corrected chi connectivity index (χ1v) is 8.97. The number of hydrazine groups is 1. The number of hydrogen-bond donors (Lipinski definition) is 0. The fourth-order valence-corrected chi connectivity index (χ4v) is 3.29. The number of benzene rings is 2. The Morgan fingerprint density at radius 1 is 1.00 bits per heavy atom. The van der Waals surface area contributed by atoms with Gasteiger partial charge in [0.1, 0.15) is 5.82 Å². The molecule has 0 aliphatic carbocycles. The first kappa shape index (κ1) is 17.7. The third-order valence-corrected chi connectivity index (χ3v) is 4.74. The predicted molar refractivity (Wildman–Crippen MR) is 110 cm³/mol. The van der Waals surface area contributed by atoms with Crippen molar-refractivity contribution in [3.8, 4) is 0 Å². The van der Waals surface area contributed by atoms with E-state index >= 15 is 0 Å². The number of carbonyl (C=O) groups excluding carboxylic acids is 2. The van der Waals surface area contributed by atoms with Crippen LogP contribution < -0.4 is 5.01 Å². The standard InChI is InChI=1S/C23H19N3O2/c1-16(27)18-11-12-19-20(15-18)23(28)26(25(2)22-10-6-7-13-24-22)21(19)14-17-8-4-3-5-9-17/h3-15H,1-2H3/b21-14-. The molecule has 0 saturated heterocycles. The Labute approximate surface area is 163 Å². The minimum absolute atomic E-state index is 0.0688. The zero-order valence-electron chi connectivity index (χ0n) is 15.7. The number of anilines is 1. The predicted octanol–water partition coefficient (Wildman–Crippen LogP) is 4.29. The molecule has 1 aliphatic heterocycles. The molecule has 0 bridgehead atoms. The van der Waals surface area contributed by atoms with Crippen molar-refractivity contribution in [2.75, 3.05) is 12.1 Å². The van der Waals surface area contributed by atoms with Gasteiger partial charge in [0.2, 0.25) is 0 Å². The summed E-state index contributed by atoms with van der Waals surface area (Å²) in [5.41, 5.74) is 3.55. The summed E-state index contributed by atoms with van der Waals surface area (Å²) in [4.78, 5) is 29.5. The van der Waals surface area contributed by atoms with Gasteiger partial charge in [0.15, 0.2) is 5.78 Å². The zero-order valence-corrected chi connectivity index (χ0v) is 15.7. The van der Waals surface area contributed by atoms with Crippen LogP contribution in [-0.4, -0.2) is 28.7 Å². The number of carbonyl (C=O) groups is 2. The largest absolute Gasteiger partial charge is 0.295 e. The Bertz CT molecular complexity index is 1080. The van der Waals surface area contributed by atoms with Gasteiger partial charge >= 0.3 is 0 Å². The van der Waals surface area contributed by atoms with Crippen LogP contribution in [0.5, 0.6) is 0 Å². The number of pyridine rings is 1. The van der Waals surface area contributed by atoms with E-state index in [9.17, 15) is 9.59 Å². The molecule has 0 unspecified atom stereocenters. The Kier molecular flexibility index (Phi) is 4.49. The summed E-state index contributed by atoms with van der Waals surface area (Å²) in [7, 11) is 1.80. The van der Waals surface area contributed by atoms with Crippen LogP contribution in [0.3, 0.4) is 0 Å². The molecule has 2 aromatic carbocycles. The van der Waals surface area contributed by atoms with Crippen molar-refractivity contribution in [3.05, 3.63) is 95.2 Å². The summed E-state index contributed by atoms with van der Waals surface area (Å²) in [6.07, 6.45) is 3.66. The molecule has 5 heteroatoms. The molecule has 28 heavy (non-hydrogen) atoms. The van der Waals surface area contributed by atoms with Crippen LogP contribution in [-0.2, 0) is 0 Å². The Hall–Kier alpha value is -3.73. The van der Waals surface area contributed by atoms with Gasteiger partial charge in [-0.1, -0.05) is 48.5 Å². The highest BCUT2D eigenvalue weighted by atomic mass is 16.2. The lowest BCUT2D eigenvalue weighted by atomic mass is 10.0. The first-order chi connectivity index (χ1) is 13.6.